The van der Waals surface area contributed by atoms with Crippen molar-refractivity contribution in [2.75, 3.05) is 18.9 Å². The molecule has 3 N–H and O–H groups in total. The molecule has 1 aromatic carbocycles. The average Bonchev–Trinajstić information content (AvgIpc) is 2.78. The summed E-state index contributed by atoms with van der Waals surface area (Å²) in [5.41, 5.74) is 0.781. The number of anilines is 1. The summed E-state index contributed by atoms with van der Waals surface area (Å²) in [6.45, 7) is -0.497. The summed E-state index contributed by atoms with van der Waals surface area (Å²) in [6.07, 6.45) is -0.520. The fourth-order valence-electron chi connectivity index (χ4n) is 2.01. The molecular weight excluding hydrogens is 304 g/mol. The number of hydrogen-bond acceptors (Lipinski definition) is 3. The van der Waals surface area contributed by atoms with Crippen molar-refractivity contribution in [3.8, 4) is 0 Å². The maximum Gasteiger partial charge on any atom is 0.262 e. The number of nitrogens with one attached hydrogen (secondary N) is 3. The van der Waals surface area contributed by atoms with E-state index in [1.54, 1.807) is 18.2 Å². The van der Waals surface area contributed by atoms with Crippen molar-refractivity contribution in [2.24, 2.45) is 0 Å². The standard InChI is InChI=1S/C13H15F2N3O2.ClH/c1-16-11(19)8-3-2-4-9(5-8)18-12(20)10-6-13(14,15)7-17-10;/h2-5,10,17H,6-7H2,1H3,(H,16,19)(H,18,20);1H. The topological polar surface area (TPSA) is 70.2 Å². The van der Waals surface area contributed by atoms with Crippen molar-refractivity contribution < 1.29 is 18.4 Å². The quantitative estimate of drug-likeness (QED) is 0.789. The van der Waals surface area contributed by atoms with Crippen LogP contribution in [0.15, 0.2) is 24.3 Å². The summed E-state index contributed by atoms with van der Waals surface area (Å²) < 4.78 is 26.0. The fraction of sp³-hybridized carbons (Fsp3) is 0.385. The van der Waals surface area contributed by atoms with Crippen molar-refractivity contribution in [3.05, 3.63) is 29.8 Å². The number of rotatable bonds is 3. The number of benzene rings is 1. The van der Waals surface area contributed by atoms with E-state index in [0.29, 0.717) is 11.3 Å². The zero-order valence-electron chi connectivity index (χ0n) is 11.3. The van der Waals surface area contributed by atoms with Crippen LogP contribution >= 0.6 is 12.4 Å². The van der Waals surface area contributed by atoms with Gasteiger partial charge in [-0.05, 0) is 18.2 Å². The lowest BCUT2D eigenvalue weighted by Crippen LogP contribution is -2.35. The highest BCUT2D eigenvalue weighted by molar-refractivity contribution is 5.98. The molecule has 1 aliphatic heterocycles. The van der Waals surface area contributed by atoms with Gasteiger partial charge in [0.15, 0.2) is 0 Å². The van der Waals surface area contributed by atoms with Gasteiger partial charge in [-0.3, -0.25) is 14.9 Å². The van der Waals surface area contributed by atoms with Gasteiger partial charge in [-0.15, -0.1) is 12.4 Å². The van der Waals surface area contributed by atoms with E-state index in [1.165, 1.54) is 13.1 Å². The summed E-state index contributed by atoms with van der Waals surface area (Å²) in [5.74, 6) is -3.67. The zero-order chi connectivity index (χ0) is 14.8. The van der Waals surface area contributed by atoms with Crippen molar-refractivity contribution in [1.29, 1.82) is 0 Å². The highest BCUT2D eigenvalue weighted by Crippen LogP contribution is 2.25. The van der Waals surface area contributed by atoms with Crippen LogP contribution in [-0.4, -0.2) is 37.4 Å². The maximum atomic E-state index is 13.0. The number of amides is 2. The molecule has 1 aromatic rings. The number of carbonyl (C=O) groups is 2. The van der Waals surface area contributed by atoms with E-state index in [4.69, 9.17) is 0 Å². The maximum absolute atomic E-state index is 13.0. The third-order valence-electron chi connectivity index (χ3n) is 3.05. The molecule has 5 nitrogen and oxygen atoms in total. The molecule has 1 heterocycles. The Morgan fingerprint density at radius 3 is 2.67 bits per heavy atom. The Hall–Kier alpha value is -1.73. The molecular formula is C13H16ClF2N3O2. The molecule has 0 aromatic heterocycles. The monoisotopic (exact) mass is 319 g/mol. The molecule has 1 unspecified atom stereocenters. The van der Waals surface area contributed by atoms with Gasteiger partial charge in [0.05, 0.1) is 12.6 Å². The lowest BCUT2D eigenvalue weighted by Gasteiger charge is -2.12. The first-order chi connectivity index (χ1) is 9.41. The first kappa shape index (κ1) is 17.3. The Kier molecular flexibility index (Phi) is 5.62. The number of halogens is 3. The molecule has 0 bridgehead atoms. The van der Waals surface area contributed by atoms with Crippen molar-refractivity contribution in [2.45, 2.75) is 18.4 Å². The highest BCUT2D eigenvalue weighted by Gasteiger charge is 2.42. The van der Waals surface area contributed by atoms with Gasteiger partial charge in [-0.2, -0.15) is 0 Å². The van der Waals surface area contributed by atoms with Gasteiger partial charge >= 0.3 is 0 Å². The van der Waals surface area contributed by atoms with Crippen LogP contribution in [0.2, 0.25) is 0 Å². The molecule has 8 heteroatoms. The van der Waals surface area contributed by atoms with Gasteiger partial charge < -0.3 is 10.6 Å². The van der Waals surface area contributed by atoms with E-state index in [9.17, 15) is 18.4 Å². The van der Waals surface area contributed by atoms with Gasteiger partial charge in [0.25, 0.3) is 11.8 Å². The second-order valence-corrected chi connectivity index (χ2v) is 4.64. The Bertz CT molecular complexity index is 540. The van der Waals surface area contributed by atoms with E-state index in [1.807, 2.05) is 0 Å². The van der Waals surface area contributed by atoms with Gasteiger partial charge in [-0.25, -0.2) is 8.78 Å². The van der Waals surface area contributed by atoms with Crippen LogP contribution < -0.4 is 16.0 Å². The Morgan fingerprint density at radius 2 is 2.10 bits per heavy atom. The first-order valence-corrected chi connectivity index (χ1v) is 6.15. The molecule has 116 valence electrons. The molecule has 1 saturated heterocycles. The lowest BCUT2D eigenvalue weighted by atomic mass is 10.1. The van der Waals surface area contributed by atoms with Gasteiger partial charge in [-0.1, -0.05) is 6.07 Å². The third-order valence-corrected chi connectivity index (χ3v) is 3.05. The number of hydrogen-bond donors (Lipinski definition) is 3. The molecule has 0 aliphatic carbocycles. The zero-order valence-corrected chi connectivity index (χ0v) is 12.1. The fourth-order valence-corrected chi connectivity index (χ4v) is 2.01. The SMILES string of the molecule is CNC(=O)c1cccc(NC(=O)C2CC(F)(F)CN2)c1.Cl. The average molecular weight is 320 g/mol. The molecule has 1 fully saturated rings. The van der Waals surface area contributed by atoms with Crippen molar-refractivity contribution in [1.82, 2.24) is 10.6 Å². The van der Waals surface area contributed by atoms with E-state index in [2.05, 4.69) is 16.0 Å². The van der Waals surface area contributed by atoms with Gasteiger partial charge in [0, 0.05) is 24.7 Å². The summed E-state index contributed by atoms with van der Waals surface area (Å²) >= 11 is 0. The van der Waals surface area contributed by atoms with Gasteiger partial charge in [0.2, 0.25) is 5.91 Å². The summed E-state index contributed by atoms with van der Waals surface area (Å²) in [7, 11) is 1.50. The normalized spacial score (nSPS) is 19.5. The van der Waals surface area contributed by atoms with Crippen LogP contribution in [0, 0.1) is 0 Å². The van der Waals surface area contributed by atoms with E-state index in [0.717, 1.165) is 0 Å². The van der Waals surface area contributed by atoms with E-state index < -0.39 is 30.8 Å². The van der Waals surface area contributed by atoms with E-state index in [-0.39, 0.29) is 18.3 Å². The number of carbonyl (C=O) groups excluding carboxylic acids is 2. The molecule has 2 rings (SSSR count). The third kappa shape index (κ3) is 4.37. The largest absolute Gasteiger partial charge is 0.355 e. The predicted octanol–water partition coefficient (Wildman–Crippen LogP) is 1.40. The Morgan fingerprint density at radius 1 is 1.38 bits per heavy atom. The summed E-state index contributed by atoms with van der Waals surface area (Å²) in [6, 6.07) is 5.36. The van der Waals surface area contributed by atoms with Crippen LogP contribution in [0.1, 0.15) is 16.8 Å². The molecule has 0 spiro atoms. The van der Waals surface area contributed by atoms with Crippen LogP contribution in [0.25, 0.3) is 0 Å². The molecule has 0 saturated carbocycles. The minimum atomic E-state index is -2.86. The highest BCUT2D eigenvalue weighted by atomic mass is 35.5. The second kappa shape index (κ2) is 6.82. The van der Waals surface area contributed by atoms with E-state index >= 15 is 0 Å². The number of alkyl halides is 2. The van der Waals surface area contributed by atoms with Crippen LogP contribution in [0.3, 0.4) is 0 Å². The first-order valence-electron chi connectivity index (χ1n) is 6.15. The van der Waals surface area contributed by atoms with Crippen LogP contribution in [0.4, 0.5) is 14.5 Å². The molecule has 2 amide bonds. The predicted molar refractivity (Wildman–Crippen MR) is 77.1 cm³/mol. The Labute approximate surface area is 126 Å². The van der Waals surface area contributed by atoms with Crippen molar-refractivity contribution in [3.63, 3.8) is 0 Å². The molecule has 0 radical (unpaired) electrons. The van der Waals surface area contributed by atoms with Crippen LogP contribution in [0.5, 0.6) is 0 Å². The second-order valence-electron chi connectivity index (χ2n) is 4.64. The van der Waals surface area contributed by atoms with Crippen LogP contribution in [-0.2, 0) is 4.79 Å². The Balaban J connectivity index is 0.00000220. The molecule has 21 heavy (non-hydrogen) atoms. The smallest absolute Gasteiger partial charge is 0.262 e. The minimum absolute atomic E-state index is 0. The summed E-state index contributed by atoms with van der Waals surface area (Å²) in [5, 5.41) is 7.46. The molecule has 1 aliphatic rings. The lowest BCUT2D eigenvalue weighted by molar-refractivity contribution is -0.118. The minimum Gasteiger partial charge on any atom is -0.355 e. The molecule has 1 atom stereocenters. The van der Waals surface area contributed by atoms with Gasteiger partial charge in [0.1, 0.15) is 0 Å². The van der Waals surface area contributed by atoms with Crippen molar-refractivity contribution >= 4 is 29.9 Å². The summed E-state index contributed by atoms with van der Waals surface area (Å²) in [4.78, 5) is 23.3.